The van der Waals surface area contributed by atoms with E-state index in [0.29, 0.717) is 6.54 Å². The number of aromatic hydroxyl groups is 1. The molecular weight excluding hydrogens is 326 g/mol. The minimum atomic E-state index is -0.423. The van der Waals surface area contributed by atoms with E-state index in [4.69, 9.17) is 0 Å². The van der Waals surface area contributed by atoms with Crippen LogP contribution in [0.5, 0.6) is 5.75 Å². The Bertz CT molecular complexity index is 833. The third-order valence-electron chi connectivity index (χ3n) is 4.08. The highest BCUT2D eigenvalue weighted by Gasteiger charge is 2.12. The molecule has 0 aromatic heterocycles. The Morgan fingerprint density at radius 2 is 1.96 bits per heavy atom. The molecule has 2 rings (SSSR count). The SMILES string of the molecule is CCc1cccc(C)c1NC(=O)/C(C#N)=C\NCCc1ccc(O)cc1. The minimum absolute atomic E-state index is 0.0287. The third kappa shape index (κ3) is 5.12. The second-order valence-corrected chi connectivity index (χ2v) is 5.96. The molecule has 2 aromatic rings. The Labute approximate surface area is 154 Å². The number of amides is 1. The fraction of sp³-hybridized carbons (Fsp3) is 0.238. The number of hydrogen-bond acceptors (Lipinski definition) is 4. The normalized spacial score (nSPS) is 10.9. The summed E-state index contributed by atoms with van der Waals surface area (Å²) in [5.41, 5.74) is 3.86. The van der Waals surface area contributed by atoms with Crippen molar-refractivity contribution in [2.45, 2.75) is 26.7 Å². The van der Waals surface area contributed by atoms with Crippen LogP contribution in [0.4, 0.5) is 5.69 Å². The van der Waals surface area contributed by atoms with Crippen LogP contribution < -0.4 is 10.6 Å². The van der Waals surface area contributed by atoms with Gasteiger partial charge in [-0.15, -0.1) is 0 Å². The molecule has 3 N–H and O–H groups in total. The van der Waals surface area contributed by atoms with Crippen LogP contribution in [0, 0.1) is 18.3 Å². The van der Waals surface area contributed by atoms with Crippen molar-refractivity contribution in [3.8, 4) is 11.8 Å². The molecule has 0 aliphatic carbocycles. The number of benzene rings is 2. The average molecular weight is 349 g/mol. The van der Waals surface area contributed by atoms with E-state index in [1.165, 1.54) is 6.20 Å². The van der Waals surface area contributed by atoms with Gasteiger partial charge in [0.05, 0.1) is 0 Å². The van der Waals surface area contributed by atoms with Gasteiger partial charge in [0.15, 0.2) is 0 Å². The quantitative estimate of drug-likeness (QED) is 0.406. The zero-order valence-corrected chi connectivity index (χ0v) is 15.0. The number of carbonyl (C=O) groups excluding carboxylic acids is 1. The van der Waals surface area contributed by atoms with Gasteiger partial charge < -0.3 is 15.7 Å². The largest absolute Gasteiger partial charge is 0.508 e. The molecule has 0 fully saturated rings. The van der Waals surface area contributed by atoms with Gasteiger partial charge in [-0.3, -0.25) is 4.79 Å². The van der Waals surface area contributed by atoms with Crippen LogP contribution in [0.3, 0.4) is 0 Å². The monoisotopic (exact) mass is 349 g/mol. The summed E-state index contributed by atoms with van der Waals surface area (Å²) in [5, 5.41) is 24.4. The summed E-state index contributed by atoms with van der Waals surface area (Å²) in [7, 11) is 0. The van der Waals surface area contributed by atoms with E-state index in [1.807, 2.05) is 50.2 Å². The smallest absolute Gasteiger partial charge is 0.267 e. The van der Waals surface area contributed by atoms with Crippen LogP contribution in [0.25, 0.3) is 0 Å². The van der Waals surface area contributed by atoms with E-state index >= 15 is 0 Å². The van der Waals surface area contributed by atoms with E-state index in [1.54, 1.807) is 12.1 Å². The fourth-order valence-electron chi connectivity index (χ4n) is 2.58. The van der Waals surface area contributed by atoms with E-state index in [9.17, 15) is 15.2 Å². The summed E-state index contributed by atoms with van der Waals surface area (Å²) in [6.07, 6.45) is 2.96. The molecule has 0 bridgehead atoms. The van der Waals surface area contributed by atoms with Crippen molar-refractivity contribution in [2.24, 2.45) is 0 Å². The molecule has 0 aliphatic rings. The summed E-state index contributed by atoms with van der Waals surface area (Å²) < 4.78 is 0. The van der Waals surface area contributed by atoms with Crippen LogP contribution in [0.1, 0.15) is 23.6 Å². The molecule has 0 saturated carbocycles. The van der Waals surface area contributed by atoms with Crippen molar-refractivity contribution >= 4 is 11.6 Å². The molecule has 2 aromatic carbocycles. The van der Waals surface area contributed by atoms with Gasteiger partial charge in [-0.2, -0.15) is 5.26 Å². The zero-order chi connectivity index (χ0) is 18.9. The van der Waals surface area contributed by atoms with E-state index in [2.05, 4.69) is 10.6 Å². The molecule has 0 saturated heterocycles. The maximum Gasteiger partial charge on any atom is 0.267 e. The Morgan fingerprint density at radius 3 is 2.62 bits per heavy atom. The van der Waals surface area contributed by atoms with Gasteiger partial charge >= 0.3 is 0 Å². The van der Waals surface area contributed by atoms with Crippen LogP contribution in [0.15, 0.2) is 54.2 Å². The number of phenolic OH excluding ortho intramolecular Hbond substituents is 1. The van der Waals surface area contributed by atoms with Crippen molar-refractivity contribution in [3.05, 3.63) is 70.9 Å². The zero-order valence-electron chi connectivity index (χ0n) is 15.0. The average Bonchev–Trinajstić information content (AvgIpc) is 2.64. The standard InChI is InChI=1S/C21H23N3O2/c1-3-17-6-4-5-15(2)20(17)24-21(26)18(13-22)14-23-12-11-16-7-9-19(25)10-8-16/h4-10,14,23,25H,3,11-12H2,1-2H3,(H,24,26)/b18-14-. The molecule has 0 unspecified atom stereocenters. The lowest BCUT2D eigenvalue weighted by atomic mass is 10.1. The predicted molar refractivity (Wildman–Crippen MR) is 103 cm³/mol. The van der Waals surface area contributed by atoms with E-state index in [0.717, 1.165) is 35.2 Å². The summed E-state index contributed by atoms with van der Waals surface area (Å²) >= 11 is 0. The summed E-state index contributed by atoms with van der Waals surface area (Å²) in [6.45, 7) is 4.53. The highest BCUT2D eigenvalue weighted by Crippen LogP contribution is 2.21. The molecule has 0 aliphatic heterocycles. The number of anilines is 1. The lowest BCUT2D eigenvalue weighted by Gasteiger charge is -2.12. The number of carbonyl (C=O) groups is 1. The van der Waals surface area contributed by atoms with Crippen LogP contribution in [-0.2, 0) is 17.6 Å². The molecule has 26 heavy (non-hydrogen) atoms. The first kappa shape index (κ1) is 19.1. The van der Waals surface area contributed by atoms with Crippen molar-refractivity contribution in [1.82, 2.24) is 5.32 Å². The Morgan fingerprint density at radius 1 is 1.23 bits per heavy atom. The van der Waals surface area contributed by atoms with Crippen molar-refractivity contribution < 1.29 is 9.90 Å². The van der Waals surface area contributed by atoms with E-state index < -0.39 is 5.91 Å². The van der Waals surface area contributed by atoms with Crippen molar-refractivity contribution in [2.75, 3.05) is 11.9 Å². The molecule has 0 atom stereocenters. The van der Waals surface area contributed by atoms with Crippen LogP contribution >= 0.6 is 0 Å². The maximum absolute atomic E-state index is 12.4. The second kappa shape index (κ2) is 9.28. The Balaban J connectivity index is 1.97. The Kier molecular flexibility index (Phi) is 6.81. The molecule has 5 nitrogen and oxygen atoms in total. The van der Waals surface area contributed by atoms with Gasteiger partial charge in [0.2, 0.25) is 0 Å². The van der Waals surface area contributed by atoms with Crippen molar-refractivity contribution in [3.63, 3.8) is 0 Å². The summed E-state index contributed by atoms with van der Waals surface area (Å²) in [4.78, 5) is 12.4. The van der Waals surface area contributed by atoms with Gasteiger partial charge in [-0.25, -0.2) is 0 Å². The molecule has 0 radical (unpaired) electrons. The maximum atomic E-state index is 12.4. The fourth-order valence-corrected chi connectivity index (χ4v) is 2.58. The topological polar surface area (TPSA) is 85.2 Å². The minimum Gasteiger partial charge on any atom is -0.508 e. The first-order chi connectivity index (χ1) is 12.5. The number of rotatable bonds is 7. The van der Waals surface area contributed by atoms with Gasteiger partial charge in [-0.1, -0.05) is 37.3 Å². The molecular formula is C21H23N3O2. The first-order valence-electron chi connectivity index (χ1n) is 8.56. The van der Waals surface area contributed by atoms with Gasteiger partial charge in [-0.05, 0) is 48.6 Å². The van der Waals surface area contributed by atoms with Crippen LogP contribution in [0.2, 0.25) is 0 Å². The number of nitrogens with one attached hydrogen (secondary N) is 2. The number of phenols is 1. The highest BCUT2D eigenvalue weighted by atomic mass is 16.3. The Hall–Kier alpha value is -3.26. The lowest BCUT2D eigenvalue weighted by molar-refractivity contribution is -0.112. The first-order valence-corrected chi connectivity index (χ1v) is 8.56. The number of nitrogens with zero attached hydrogens (tertiary/aromatic N) is 1. The van der Waals surface area contributed by atoms with E-state index in [-0.39, 0.29) is 11.3 Å². The van der Waals surface area contributed by atoms with Crippen LogP contribution in [-0.4, -0.2) is 17.6 Å². The molecule has 0 heterocycles. The number of nitriles is 1. The third-order valence-corrected chi connectivity index (χ3v) is 4.08. The number of aryl methyl sites for hydroxylation is 2. The second-order valence-electron chi connectivity index (χ2n) is 5.96. The predicted octanol–water partition coefficient (Wildman–Crippen LogP) is 3.44. The van der Waals surface area contributed by atoms with Gasteiger partial charge in [0.1, 0.15) is 17.4 Å². The summed E-state index contributed by atoms with van der Waals surface area (Å²) in [5.74, 6) is -0.193. The van der Waals surface area contributed by atoms with Gasteiger partial charge in [0.25, 0.3) is 5.91 Å². The number of hydrogen-bond donors (Lipinski definition) is 3. The highest BCUT2D eigenvalue weighted by molar-refractivity contribution is 6.07. The summed E-state index contributed by atoms with van der Waals surface area (Å²) in [6, 6.07) is 14.7. The number of para-hydroxylation sites is 1. The van der Waals surface area contributed by atoms with Gasteiger partial charge in [0, 0.05) is 18.4 Å². The lowest BCUT2D eigenvalue weighted by Crippen LogP contribution is -2.19. The molecule has 5 heteroatoms. The van der Waals surface area contributed by atoms with Crippen molar-refractivity contribution in [1.29, 1.82) is 5.26 Å². The molecule has 1 amide bonds. The molecule has 134 valence electrons. The molecule has 0 spiro atoms.